The molecule has 0 radical (unpaired) electrons. The van der Waals surface area contributed by atoms with Crippen LogP contribution in [0.25, 0.3) is 0 Å². The maximum Gasteiger partial charge on any atom is 0.189 e. The van der Waals surface area contributed by atoms with Crippen LogP contribution in [0.3, 0.4) is 0 Å². The van der Waals surface area contributed by atoms with Crippen LogP contribution in [0, 0.1) is 11.8 Å². The Labute approximate surface area is 77.6 Å². The number of hydrogen-bond donors (Lipinski definition) is 0. The Morgan fingerprint density at radius 2 is 2.36 bits per heavy atom. The molecule has 0 aliphatic carbocycles. The Bertz CT molecular complexity index is 218. The predicted octanol–water partition coefficient (Wildman–Crippen LogP) is 2.52. The lowest BCUT2D eigenvalue weighted by Gasteiger charge is -2.21. The number of halogens is 1. The van der Waals surface area contributed by atoms with Gasteiger partial charge in [0, 0.05) is 11.8 Å². The third kappa shape index (κ3) is 1.98. The molecular weight excluding hydrogens is 251 g/mol. The van der Waals surface area contributed by atoms with Crippen LogP contribution in [-0.4, -0.2) is 7.30 Å². The average Bonchev–Trinajstić information content (AvgIpc) is 1.97. The normalized spacial score (nSPS) is 32.2. The smallest absolute Gasteiger partial charge is 0.189 e. The third-order valence-corrected chi connectivity index (χ3v) is 5.28. The fraction of sp³-hybridized carbons (Fsp3) is 0.556. The zero-order valence-electron chi connectivity index (χ0n) is 6.93. The third-order valence-electron chi connectivity index (χ3n) is 2.03. The van der Waals surface area contributed by atoms with Gasteiger partial charge in [-0.3, -0.25) is 4.79 Å². The molecule has 1 heterocycles. The first-order chi connectivity index (χ1) is 5.15. The second-order valence-corrected chi connectivity index (χ2v) is 6.27. The molecule has 0 N–H and O–H groups in total. The predicted molar refractivity (Wildman–Crippen MR) is 57.2 cm³/mol. The SMILES string of the molecule is C=CC1CC(C)C(=O)I=C1C. The van der Waals surface area contributed by atoms with Crippen molar-refractivity contribution in [1.29, 1.82) is 0 Å². The second-order valence-electron chi connectivity index (χ2n) is 2.96. The average molecular weight is 264 g/mol. The molecule has 0 saturated carbocycles. The van der Waals surface area contributed by atoms with Crippen LogP contribution in [0.2, 0.25) is 0 Å². The maximum absolute atomic E-state index is 11.3. The van der Waals surface area contributed by atoms with Gasteiger partial charge in [-0.05, 0) is 37.6 Å². The van der Waals surface area contributed by atoms with E-state index in [2.05, 4.69) is 13.5 Å². The Morgan fingerprint density at radius 1 is 1.73 bits per heavy atom. The monoisotopic (exact) mass is 264 g/mol. The van der Waals surface area contributed by atoms with Crippen molar-refractivity contribution >= 4 is 28.0 Å². The molecule has 0 spiro atoms. The van der Waals surface area contributed by atoms with Crippen LogP contribution < -0.4 is 0 Å². The highest BCUT2D eigenvalue weighted by Gasteiger charge is 2.22. The lowest BCUT2D eigenvalue weighted by molar-refractivity contribution is -0.112. The van der Waals surface area contributed by atoms with Crippen molar-refractivity contribution in [2.75, 3.05) is 0 Å². The van der Waals surface area contributed by atoms with E-state index in [-0.39, 0.29) is 26.6 Å². The summed E-state index contributed by atoms with van der Waals surface area (Å²) in [6.07, 6.45) is 2.98. The lowest BCUT2D eigenvalue weighted by Crippen LogP contribution is -2.20. The lowest BCUT2D eigenvalue weighted by atomic mass is 9.95. The molecule has 0 aromatic heterocycles. The Balaban J connectivity index is 2.84. The minimum absolute atomic E-state index is 0.287. The summed E-state index contributed by atoms with van der Waals surface area (Å²) < 4.78 is 1.89. The second kappa shape index (κ2) is 3.61. The summed E-state index contributed by atoms with van der Waals surface area (Å²) in [6, 6.07) is 0. The van der Waals surface area contributed by atoms with Gasteiger partial charge in [-0.15, -0.1) is 6.58 Å². The molecule has 1 rings (SSSR count). The number of carbonyl (C=O) groups is 1. The molecule has 2 unspecified atom stereocenters. The molecular formula is C9H13IO. The van der Waals surface area contributed by atoms with Crippen LogP contribution in [0.5, 0.6) is 0 Å². The molecule has 1 aliphatic rings. The Kier molecular flexibility index (Phi) is 2.98. The van der Waals surface area contributed by atoms with Gasteiger partial charge in [0.2, 0.25) is 0 Å². The number of allylic oxidation sites excluding steroid dienone is 1. The Hall–Kier alpha value is 0.01000. The molecule has 0 saturated heterocycles. The zero-order valence-corrected chi connectivity index (χ0v) is 9.09. The van der Waals surface area contributed by atoms with Gasteiger partial charge in [0.15, 0.2) is 3.79 Å². The van der Waals surface area contributed by atoms with Crippen LogP contribution >= 0.6 is 20.7 Å². The summed E-state index contributed by atoms with van der Waals surface area (Å²) in [5.74, 6) is 0.810. The number of hydrogen-bond acceptors (Lipinski definition) is 1. The van der Waals surface area contributed by atoms with Crippen molar-refractivity contribution in [3.8, 4) is 0 Å². The van der Waals surface area contributed by atoms with Gasteiger partial charge in [-0.1, -0.05) is 13.0 Å². The fourth-order valence-electron chi connectivity index (χ4n) is 1.20. The standard InChI is InChI=1S/C9H13IO/c1-4-8-5-6(2)9(11)10-7(8)3/h4,6,8H,1,5H2,2-3H3. The van der Waals surface area contributed by atoms with E-state index in [9.17, 15) is 4.79 Å². The van der Waals surface area contributed by atoms with E-state index in [1.807, 2.05) is 13.0 Å². The minimum atomic E-state index is -0.291. The molecule has 2 heteroatoms. The van der Waals surface area contributed by atoms with E-state index in [4.69, 9.17) is 0 Å². The van der Waals surface area contributed by atoms with E-state index in [0.29, 0.717) is 9.71 Å². The first kappa shape index (κ1) is 9.10. The van der Waals surface area contributed by atoms with Gasteiger partial charge in [-0.2, -0.15) is 0 Å². The first-order valence-corrected chi connectivity index (χ1v) is 5.95. The van der Waals surface area contributed by atoms with Gasteiger partial charge < -0.3 is 0 Å². The highest BCUT2D eigenvalue weighted by Crippen LogP contribution is 2.29. The molecule has 11 heavy (non-hydrogen) atoms. The molecule has 1 aliphatic heterocycles. The quantitative estimate of drug-likeness (QED) is 0.404. The van der Waals surface area contributed by atoms with E-state index in [1.54, 1.807) is 0 Å². The minimum Gasteiger partial charge on any atom is -0.288 e. The molecule has 0 aromatic carbocycles. The molecule has 0 amide bonds. The topological polar surface area (TPSA) is 17.1 Å². The van der Waals surface area contributed by atoms with Crippen LogP contribution in [0.4, 0.5) is 0 Å². The van der Waals surface area contributed by atoms with Crippen molar-refractivity contribution in [3.63, 3.8) is 0 Å². The largest absolute Gasteiger partial charge is 0.288 e. The van der Waals surface area contributed by atoms with E-state index in [0.717, 1.165) is 6.42 Å². The van der Waals surface area contributed by atoms with Crippen LogP contribution in [0.1, 0.15) is 20.3 Å². The van der Waals surface area contributed by atoms with Crippen molar-refractivity contribution in [1.82, 2.24) is 0 Å². The van der Waals surface area contributed by atoms with Crippen molar-refractivity contribution in [3.05, 3.63) is 12.7 Å². The van der Waals surface area contributed by atoms with Crippen LogP contribution in [0.15, 0.2) is 12.7 Å². The van der Waals surface area contributed by atoms with E-state index < -0.39 is 0 Å². The van der Waals surface area contributed by atoms with Gasteiger partial charge in [0.05, 0.1) is 0 Å². The molecule has 62 valence electrons. The number of carbonyl (C=O) groups excluding carboxylic acids is 1. The molecule has 0 fully saturated rings. The van der Waals surface area contributed by atoms with Crippen molar-refractivity contribution in [2.24, 2.45) is 11.8 Å². The molecule has 0 bridgehead atoms. The molecule has 1 nitrogen and oxygen atoms in total. The molecule has 0 aromatic rings. The summed E-state index contributed by atoms with van der Waals surface area (Å²) in [5.41, 5.74) is 0. The summed E-state index contributed by atoms with van der Waals surface area (Å²) in [7, 11) is 0. The maximum atomic E-state index is 11.3. The van der Waals surface area contributed by atoms with Gasteiger partial charge in [0.1, 0.15) is 0 Å². The van der Waals surface area contributed by atoms with Gasteiger partial charge >= 0.3 is 0 Å². The van der Waals surface area contributed by atoms with E-state index in [1.165, 1.54) is 3.51 Å². The summed E-state index contributed by atoms with van der Waals surface area (Å²) in [6.45, 7) is 7.91. The fourth-order valence-corrected chi connectivity index (χ4v) is 3.74. The highest BCUT2D eigenvalue weighted by atomic mass is 127. The van der Waals surface area contributed by atoms with Crippen LogP contribution in [-0.2, 0) is 4.79 Å². The highest BCUT2D eigenvalue weighted by molar-refractivity contribution is 14.2. The molecule has 2 atom stereocenters. The summed E-state index contributed by atoms with van der Waals surface area (Å²) in [4.78, 5) is 11.3. The van der Waals surface area contributed by atoms with Gasteiger partial charge in [0.25, 0.3) is 0 Å². The van der Waals surface area contributed by atoms with E-state index >= 15 is 0 Å². The van der Waals surface area contributed by atoms with Crippen molar-refractivity contribution in [2.45, 2.75) is 20.3 Å². The zero-order chi connectivity index (χ0) is 8.43. The summed E-state index contributed by atoms with van der Waals surface area (Å²) >= 11 is -0.291. The Morgan fingerprint density at radius 3 is 2.91 bits per heavy atom. The number of rotatable bonds is 1. The van der Waals surface area contributed by atoms with Crippen molar-refractivity contribution < 1.29 is 4.79 Å². The van der Waals surface area contributed by atoms with Gasteiger partial charge in [-0.25, -0.2) is 0 Å². The summed E-state index contributed by atoms with van der Waals surface area (Å²) in [5, 5.41) is 0. The first-order valence-electron chi connectivity index (χ1n) is 3.79.